The van der Waals surface area contributed by atoms with Gasteiger partial charge in [-0.3, -0.25) is 14.4 Å². The summed E-state index contributed by atoms with van der Waals surface area (Å²) in [5, 5.41) is 54.4. The van der Waals surface area contributed by atoms with Crippen LogP contribution < -0.4 is 154 Å². The Hall–Kier alpha value is -11.5. The van der Waals surface area contributed by atoms with Crippen molar-refractivity contribution in [2.24, 2.45) is 5.10 Å². The van der Waals surface area contributed by atoms with Crippen molar-refractivity contribution >= 4 is 110 Å². The molecule has 0 atom stereocenters. The Labute approximate surface area is 930 Å². The number of sulfonamides is 1. The number of carbonyl (C=O) groups excluding carboxylic acids is 6. The van der Waals surface area contributed by atoms with Gasteiger partial charge in [-0.05, 0) is 141 Å². The molecule has 0 aromatic heterocycles. The number of ether oxygens (including phenoxy) is 8. The number of anilines is 3. The fraction of sp³-hybridized carbons (Fsp3) is 0.198. The summed E-state index contributed by atoms with van der Waals surface area (Å²) in [5.41, 5.74) is 12.5. The predicted octanol–water partition coefficient (Wildman–Crippen LogP) is 10.9. The average molecular weight is 2120 g/mol. The minimum Gasteiger partial charge on any atom is -1.00 e. The number of rotatable bonds is 33. The number of aryl methyl sites for hydroxylation is 1. The Kier molecular flexibility index (Phi) is 51.1. The Morgan fingerprint density at radius 2 is 0.834 bits per heavy atom. The first-order valence-electron chi connectivity index (χ1n) is 44.5. The first-order chi connectivity index (χ1) is 68.9. The van der Waals surface area contributed by atoms with Crippen LogP contribution in [0.1, 0.15) is 125 Å². The maximum Gasteiger partial charge on any atom is 1.00 e. The number of amides is 2. The molecule has 13 aromatic rings. The largest absolute Gasteiger partial charge is 1.00 e. The zero-order valence-corrected chi connectivity index (χ0v) is 87.8. The van der Waals surface area contributed by atoms with Crippen molar-refractivity contribution < 1.29 is 236 Å². The maximum absolute atomic E-state index is 13.6. The van der Waals surface area contributed by atoms with Gasteiger partial charge < -0.3 is 85.1 Å². The molecule has 0 aliphatic carbocycles. The first kappa shape index (κ1) is 119. The van der Waals surface area contributed by atoms with Crippen LogP contribution in [-0.4, -0.2) is 123 Å². The van der Waals surface area contributed by atoms with Crippen molar-refractivity contribution in [1.29, 1.82) is 0 Å². The molecule has 0 spiro atoms. The van der Waals surface area contributed by atoms with Gasteiger partial charge in [-0.2, -0.15) is 39.9 Å². The van der Waals surface area contributed by atoms with Crippen molar-refractivity contribution in [3.05, 3.63) is 412 Å². The number of hydrazone groups is 1. The first-order valence-corrected chi connectivity index (χ1v) is 47.1. The number of halogens is 7. The number of carbonyl (C=O) groups is 6. The van der Waals surface area contributed by atoms with Gasteiger partial charge in [-0.25, -0.2) is 19.2 Å². The fourth-order valence-electron chi connectivity index (χ4n) is 13.5. The summed E-state index contributed by atoms with van der Waals surface area (Å²) in [5.74, 6) is -5.12. The molecule has 2 saturated heterocycles. The number of benzene rings is 13. The third-order valence-electron chi connectivity index (χ3n) is 21.2. The molecule has 2 fully saturated rings. The molecule has 2 aliphatic rings. The third kappa shape index (κ3) is 41.4. The Morgan fingerprint density at radius 1 is 0.469 bits per heavy atom. The van der Waals surface area contributed by atoms with Crippen LogP contribution in [0.25, 0.3) is 0 Å². The van der Waals surface area contributed by atoms with Gasteiger partial charge in [-0.1, -0.05) is 288 Å². The van der Waals surface area contributed by atoms with Crippen LogP contribution in [0.3, 0.4) is 0 Å². The van der Waals surface area contributed by atoms with Crippen LogP contribution in [0, 0.1) is 6.92 Å². The van der Waals surface area contributed by atoms with E-state index in [1.807, 2.05) is 116 Å². The summed E-state index contributed by atoms with van der Waals surface area (Å²) < 4.78 is 147. The van der Waals surface area contributed by atoms with Gasteiger partial charge in [0.1, 0.15) is 73.6 Å². The van der Waals surface area contributed by atoms with E-state index in [9.17, 15) is 68.8 Å². The van der Waals surface area contributed by atoms with E-state index in [2.05, 4.69) is 60.3 Å². The summed E-state index contributed by atoms with van der Waals surface area (Å²) in [6.45, 7) is 5.43. The number of esters is 3. The van der Waals surface area contributed by atoms with Gasteiger partial charge in [-0.15, -0.1) is 0 Å². The van der Waals surface area contributed by atoms with Crippen molar-refractivity contribution in [3.8, 4) is 17.2 Å². The van der Waals surface area contributed by atoms with E-state index in [-0.39, 0.29) is 188 Å². The van der Waals surface area contributed by atoms with E-state index in [0.29, 0.717) is 72.4 Å². The fourth-order valence-corrected chi connectivity index (χ4v) is 14.8. The Balaban J connectivity index is 0.000000256. The molecule has 0 unspecified atom stereocenters. The molecule has 2 amide bonds. The molecule has 39 heteroatoms. The summed E-state index contributed by atoms with van der Waals surface area (Å²) in [6, 6.07) is 96.3. The molecule has 746 valence electrons. The van der Waals surface area contributed by atoms with Gasteiger partial charge in [0.05, 0.1) is 24.7 Å². The number of nitrogens with zero attached hydrogens (tertiary/aromatic N) is 2. The van der Waals surface area contributed by atoms with Gasteiger partial charge in [0, 0.05) is 78.9 Å². The van der Waals surface area contributed by atoms with Crippen molar-refractivity contribution in [3.63, 3.8) is 0 Å². The van der Waals surface area contributed by atoms with Crippen molar-refractivity contribution in [2.75, 3.05) is 42.0 Å². The second-order valence-electron chi connectivity index (χ2n) is 31.7. The monoisotopic (exact) mass is 2120 g/mol. The van der Waals surface area contributed by atoms with Crippen LogP contribution >= 0.6 is 15.9 Å². The number of alkyl halides is 7. The van der Waals surface area contributed by atoms with Crippen molar-refractivity contribution in [1.82, 2.24) is 4.83 Å². The minimum absolute atomic E-state index is 0. The molecule has 0 radical (unpaired) electrons. The average Bonchev–Trinajstić information content (AvgIpc) is 0.792. The normalized spacial score (nSPS) is 11.9. The van der Waals surface area contributed by atoms with Gasteiger partial charge in [0.2, 0.25) is 0 Å². The minimum atomic E-state index is -5.19. The maximum atomic E-state index is 13.6. The number of nitrogens with one attached hydrogen (secondary N) is 3. The molecule has 15 rings (SSSR count). The van der Waals surface area contributed by atoms with Crippen LogP contribution in [0.4, 0.5) is 43.4 Å². The molecule has 7 N–H and O–H groups in total. The molecular weight excluding hydrogens is 2020 g/mol. The van der Waals surface area contributed by atoms with Gasteiger partial charge in [0.15, 0.2) is 0 Å². The van der Waals surface area contributed by atoms with E-state index in [4.69, 9.17) is 58.0 Å². The van der Waals surface area contributed by atoms with Gasteiger partial charge in [0.25, 0.3) is 16.5 Å². The summed E-state index contributed by atoms with van der Waals surface area (Å²) in [6.07, 6.45) is -6.71. The van der Waals surface area contributed by atoms with E-state index in [1.165, 1.54) is 65.7 Å². The molecule has 0 bridgehead atoms. The smallest absolute Gasteiger partial charge is 1.00 e. The molecule has 145 heavy (non-hydrogen) atoms. The van der Waals surface area contributed by atoms with Crippen LogP contribution in [-0.2, 0) is 111 Å². The molecule has 2 aliphatic heterocycles. The SMILES string of the molecule is Cc1ccc(S(=O)(=O)NN=C2CCOCC2)cc1.O=C(OCc1ccccc1)c1ccc(N(Cc2ccc(B(O)O)cc2)C(=O)C(F)(F)F)cc1OCc1ccccc1.O=C(OCc1ccccc1)c1ccc(NC(=O)C(F)(F)F)cc1OCc1ccccc1.O=C(OCc1ccccc1)c1ccc(NCc2ccc(C3CCOCC3)cc2)cc1OCc1ccccc1.O=CO[O-].OB(O)c1ccc(CBr)cc1.[H-].[K+].[K+]. The Morgan fingerprint density at radius 3 is 1.22 bits per heavy atom. The molecule has 27 nitrogen and oxygen atoms in total. The van der Waals surface area contributed by atoms with Crippen LogP contribution in [0.2, 0.25) is 0 Å². The Bertz CT molecular complexity index is 6330. The molecule has 13 aromatic carbocycles. The van der Waals surface area contributed by atoms with E-state index < -0.39 is 72.9 Å². The molecule has 2 heterocycles. The standard InChI is InChI=1S/C33H33NO4.C30H25BF3NO6.C23H18F3NO4.C12H16N2O3S.C7H8BBrO2.CH2O3.2K.H/c35-33(38-24-27-9-5-2-6-10-27)31-16-15-30(21-32(31)37-23-26-7-3-1-4-8-26)34-22-25-11-13-28(14-12-25)29-17-19-36-20-18-29;32-30(33,34)29(37)35(18-21-11-13-24(14-12-21)31(38)39)25-15-16-26(28(36)41-20-23-9-5-2-6-10-23)27(17-25)40-19-22-7-3-1-4-8-22;24-23(25,26)22(29)27-18-11-12-19(21(28)31-15-17-9-5-2-6-10-17)20(13-18)30-14-16-7-3-1-4-8-16;1-10-2-4-12(5-3-10)18(15,16)14-13-11-6-8-17-9-7-11;9-5-6-1-3-7(4-2-6)8(10)11;2-1-4-3;;;/h1-16,21,29,34H,17-20,22-24H2;1-17,38-39H,18-20H2;1-13H,14-15H2,(H,27,29);2-5,14H,6-9H2,1H3;1-4,10-11H,5H2;1,3H;;;/q;;;;;;2*+1;-1/p-1. The number of hydrogen-bond donors (Lipinski definition) is 7. The molecular formula is C106H102B2BrF6K2N5O22S. The third-order valence-corrected chi connectivity index (χ3v) is 23.1. The quantitative estimate of drug-likeness (QED) is 0.00294. The van der Waals surface area contributed by atoms with Gasteiger partial charge >= 0.3 is 159 Å². The zero-order valence-electron chi connectivity index (χ0n) is 80.2. The van der Waals surface area contributed by atoms with Crippen LogP contribution in [0.5, 0.6) is 17.2 Å². The predicted molar refractivity (Wildman–Crippen MR) is 529 cm³/mol. The summed E-state index contributed by atoms with van der Waals surface area (Å²) in [7, 11) is -6.67. The van der Waals surface area contributed by atoms with E-state index >= 15 is 0 Å². The second-order valence-corrected chi connectivity index (χ2v) is 33.9. The summed E-state index contributed by atoms with van der Waals surface area (Å²) in [4.78, 5) is 76.5. The van der Waals surface area contributed by atoms with Crippen LogP contribution in [0.15, 0.2) is 344 Å². The second kappa shape index (κ2) is 62.5. The van der Waals surface area contributed by atoms with E-state index in [1.54, 1.807) is 145 Å². The van der Waals surface area contributed by atoms with Crippen molar-refractivity contribution in [2.45, 2.75) is 114 Å². The number of hydrogen-bond acceptors (Lipinski definition) is 24. The van der Waals surface area contributed by atoms with E-state index in [0.717, 1.165) is 93.4 Å². The summed E-state index contributed by atoms with van der Waals surface area (Å²) >= 11 is 3.29. The molecule has 0 saturated carbocycles. The topological polar surface area (TPSA) is 375 Å². The zero-order chi connectivity index (χ0) is 102.